The highest BCUT2D eigenvalue weighted by molar-refractivity contribution is 7.98. The fourth-order valence-corrected chi connectivity index (χ4v) is 4.74. The average Bonchev–Trinajstić information content (AvgIpc) is 3.26. The molecule has 0 radical (unpaired) electrons. The largest absolute Gasteiger partial charge is 0.298 e. The van der Waals surface area contributed by atoms with Crippen LogP contribution in [0.1, 0.15) is 11.1 Å². The van der Waals surface area contributed by atoms with Crippen LogP contribution in [0.2, 0.25) is 0 Å². The zero-order valence-electron chi connectivity index (χ0n) is 18.5. The quantitative estimate of drug-likeness (QED) is 0.200. The van der Waals surface area contributed by atoms with E-state index in [2.05, 4.69) is 76.8 Å². The molecule has 2 aromatic heterocycles. The van der Waals surface area contributed by atoms with Crippen LogP contribution in [0.15, 0.2) is 103 Å². The first kappa shape index (κ1) is 21.2. The van der Waals surface area contributed by atoms with Gasteiger partial charge in [0, 0.05) is 28.8 Å². The van der Waals surface area contributed by atoms with Crippen molar-refractivity contribution in [1.29, 1.82) is 0 Å². The van der Waals surface area contributed by atoms with Crippen molar-refractivity contribution in [3.8, 4) is 22.6 Å². The van der Waals surface area contributed by atoms with Gasteiger partial charge < -0.3 is 0 Å². The third-order valence-electron chi connectivity index (χ3n) is 5.54. The maximum absolute atomic E-state index is 4.91. The number of para-hydroxylation sites is 1. The van der Waals surface area contributed by atoms with Gasteiger partial charge in [-0.15, -0.1) is 16.8 Å². The van der Waals surface area contributed by atoms with E-state index in [1.165, 1.54) is 11.1 Å². The van der Waals surface area contributed by atoms with E-state index in [1.807, 2.05) is 42.5 Å². The lowest BCUT2D eigenvalue weighted by Gasteiger charge is -2.12. The predicted molar refractivity (Wildman–Crippen MR) is 137 cm³/mol. The van der Waals surface area contributed by atoms with Crippen molar-refractivity contribution in [2.45, 2.75) is 24.4 Å². The van der Waals surface area contributed by atoms with Gasteiger partial charge in [-0.2, -0.15) is 0 Å². The summed E-state index contributed by atoms with van der Waals surface area (Å²) in [5.41, 5.74) is 6.49. The summed E-state index contributed by atoms with van der Waals surface area (Å²) >= 11 is 1.69. The van der Waals surface area contributed by atoms with Gasteiger partial charge in [-0.25, -0.2) is 4.98 Å². The summed E-state index contributed by atoms with van der Waals surface area (Å²) in [7, 11) is 0. The van der Waals surface area contributed by atoms with Crippen molar-refractivity contribution in [3.63, 3.8) is 0 Å². The minimum atomic E-state index is 0.635. The number of aromatic nitrogens is 4. The Kier molecular flexibility index (Phi) is 6.05. The maximum atomic E-state index is 4.91. The molecule has 0 spiro atoms. The van der Waals surface area contributed by atoms with E-state index in [9.17, 15) is 0 Å². The molecule has 0 aliphatic rings. The molecule has 0 aliphatic carbocycles. The Morgan fingerprint density at radius 3 is 2.45 bits per heavy atom. The van der Waals surface area contributed by atoms with Gasteiger partial charge in [0.05, 0.1) is 11.2 Å². The van der Waals surface area contributed by atoms with Crippen molar-refractivity contribution in [1.82, 2.24) is 19.7 Å². The van der Waals surface area contributed by atoms with Gasteiger partial charge in [-0.1, -0.05) is 96.2 Å². The second-order valence-electron chi connectivity index (χ2n) is 7.92. The number of benzene rings is 3. The van der Waals surface area contributed by atoms with Crippen molar-refractivity contribution >= 4 is 22.7 Å². The van der Waals surface area contributed by atoms with Crippen LogP contribution in [0, 0.1) is 6.92 Å². The van der Waals surface area contributed by atoms with E-state index in [1.54, 1.807) is 11.8 Å². The molecule has 0 saturated carbocycles. The Bertz CT molecular complexity index is 1410. The first-order valence-electron chi connectivity index (χ1n) is 10.9. The predicted octanol–water partition coefficient (Wildman–Crippen LogP) is 6.95. The van der Waals surface area contributed by atoms with Gasteiger partial charge in [-0.3, -0.25) is 4.57 Å². The molecule has 0 bridgehead atoms. The van der Waals surface area contributed by atoms with Crippen LogP contribution in [0.5, 0.6) is 0 Å². The Balaban J connectivity index is 1.59. The topological polar surface area (TPSA) is 43.6 Å². The van der Waals surface area contributed by atoms with Gasteiger partial charge in [0.2, 0.25) is 0 Å². The second kappa shape index (κ2) is 9.43. The monoisotopic (exact) mass is 448 g/mol. The molecule has 5 heteroatoms. The maximum Gasteiger partial charge on any atom is 0.192 e. The molecule has 33 heavy (non-hydrogen) atoms. The van der Waals surface area contributed by atoms with Gasteiger partial charge in [0.25, 0.3) is 0 Å². The lowest BCUT2D eigenvalue weighted by atomic mass is 10.0. The standard InChI is InChI=1S/C28H24N4S/c1-3-17-32-27(30-31-28(32)33-19-21-15-13-20(2)14-16-21)24-18-26(22-9-5-4-6-10-22)29-25-12-8-7-11-23(24)25/h3-16,18H,1,17,19H2,2H3. The number of hydrogen-bond donors (Lipinski definition) is 0. The fraction of sp³-hybridized carbons (Fsp3) is 0.107. The highest BCUT2D eigenvalue weighted by Crippen LogP contribution is 2.33. The minimum Gasteiger partial charge on any atom is -0.298 e. The van der Waals surface area contributed by atoms with E-state index in [-0.39, 0.29) is 0 Å². The van der Waals surface area contributed by atoms with Gasteiger partial charge >= 0.3 is 0 Å². The Labute approximate surface area is 198 Å². The highest BCUT2D eigenvalue weighted by Gasteiger charge is 2.18. The molecule has 0 amide bonds. The van der Waals surface area contributed by atoms with Crippen LogP contribution in [-0.4, -0.2) is 19.7 Å². The summed E-state index contributed by atoms with van der Waals surface area (Å²) in [6.07, 6.45) is 1.89. The molecule has 0 unspecified atom stereocenters. The van der Waals surface area contributed by atoms with Crippen LogP contribution < -0.4 is 0 Å². The Hall–Kier alpha value is -3.70. The van der Waals surface area contributed by atoms with Crippen LogP contribution in [0.25, 0.3) is 33.5 Å². The van der Waals surface area contributed by atoms with Crippen molar-refractivity contribution in [2.75, 3.05) is 0 Å². The lowest BCUT2D eigenvalue weighted by molar-refractivity contribution is 0.731. The summed E-state index contributed by atoms with van der Waals surface area (Å²) in [5, 5.41) is 11.1. The van der Waals surface area contributed by atoms with Crippen LogP contribution >= 0.6 is 11.8 Å². The molecular weight excluding hydrogens is 424 g/mol. The van der Waals surface area contributed by atoms with E-state index < -0.39 is 0 Å². The third-order valence-corrected chi connectivity index (χ3v) is 6.58. The molecule has 3 aromatic carbocycles. The van der Waals surface area contributed by atoms with Gasteiger partial charge in [0.15, 0.2) is 11.0 Å². The molecule has 5 rings (SSSR count). The van der Waals surface area contributed by atoms with Crippen molar-refractivity contribution in [3.05, 3.63) is 109 Å². The third kappa shape index (κ3) is 4.45. The normalized spacial score (nSPS) is 11.1. The number of aryl methyl sites for hydroxylation is 1. The van der Waals surface area contributed by atoms with E-state index in [4.69, 9.17) is 4.98 Å². The summed E-state index contributed by atoms with van der Waals surface area (Å²) in [6, 6.07) is 29.2. The molecule has 4 nitrogen and oxygen atoms in total. The van der Waals surface area contributed by atoms with Crippen molar-refractivity contribution < 1.29 is 0 Å². The highest BCUT2D eigenvalue weighted by atomic mass is 32.2. The molecule has 0 atom stereocenters. The molecule has 0 fully saturated rings. The summed E-state index contributed by atoms with van der Waals surface area (Å²) in [4.78, 5) is 4.91. The first-order valence-corrected chi connectivity index (χ1v) is 11.9. The molecule has 0 saturated heterocycles. The zero-order chi connectivity index (χ0) is 22.6. The minimum absolute atomic E-state index is 0.635. The molecule has 0 N–H and O–H groups in total. The van der Waals surface area contributed by atoms with E-state index >= 15 is 0 Å². The molecule has 0 aliphatic heterocycles. The smallest absolute Gasteiger partial charge is 0.192 e. The van der Waals surface area contributed by atoms with E-state index in [0.717, 1.165) is 44.5 Å². The fourth-order valence-electron chi connectivity index (χ4n) is 3.84. The van der Waals surface area contributed by atoms with Crippen LogP contribution in [0.4, 0.5) is 0 Å². The van der Waals surface area contributed by atoms with Crippen LogP contribution in [0.3, 0.4) is 0 Å². The van der Waals surface area contributed by atoms with Gasteiger partial charge in [0.1, 0.15) is 0 Å². The van der Waals surface area contributed by atoms with E-state index in [0.29, 0.717) is 6.54 Å². The number of thioether (sulfide) groups is 1. The Morgan fingerprint density at radius 1 is 0.909 bits per heavy atom. The number of fused-ring (bicyclic) bond motifs is 1. The summed E-state index contributed by atoms with van der Waals surface area (Å²) in [6.45, 7) is 6.71. The Morgan fingerprint density at radius 2 is 1.67 bits per heavy atom. The molecule has 2 heterocycles. The summed E-state index contributed by atoms with van der Waals surface area (Å²) in [5.74, 6) is 1.67. The number of pyridine rings is 1. The molecular formula is C28H24N4S. The SMILES string of the molecule is C=CCn1c(SCc2ccc(C)cc2)nnc1-c1cc(-c2ccccc2)nc2ccccc12. The van der Waals surface area contributed by atoms with Gasteiger partial charge in [-0.05, 0) is 24.6 Å². The number of nitrogens with zero attached hydrogens (tertiary/aromatic N) is 4. The van der Waals surface area contributed by atoms with Crippen LogP contribution in [-0.2, 0) is 12.3 Å². The first-order chi connectivity index (χ1) is 16.2. The molecule has 5 aromatic rings. The average molecular weight is 449 g/mol. The lowest BCUT2D eigenvalue weighted by Crippen LogP contribution is -2.02. The van der Waals surface area contributed by atoms with Crippen molar-refractivity contribution in [2.24, 2.45) is 0 Å². The number of hydrogen-bond acceptors (Lipinski definition) is 4. The molecule has 162 valence electrons. The summed E-state index contributed by atoms with van der Waals surface area (Å²) < 4.78 is 2.14. The zero-order valence-corrected chi connectivity index (χ0v) is 19.3. The number of rotatable bonds is 7. The second-order valence-corrected chi connectivity index (χ2v) is 8.86. The number of allylic oxidation sites excluding steroid dienone is 1.